The Bertz CT molecular complexity index is 579. The van der Waals surface area contributed by atoms with E-state index < -0.39 is 0 Å². The van der Waals surface area contributed by atoms with Crippen LogP contribution in [0.4, 0.5) is 0 Å². The van der Waals surface area contributed by atoms with Crippen molar-refractivity contribution >= 4 is 5.91 Å². The Hall–Kier alpha value is -1.39. The van der Waals surface area contributed by atoms with Gasteiger partial charge in [0.15, 0.2) is 0 Å². The minimum atomic E-state index is 0.163. The number of nitrogens with one attached hydrogen (secondary N) is 1. The van der Waals surface area contributed by atoms with E-state index in [4.69, 9.17) is 5.73 Å². The van der Waals surface area contributed by atoms with Gasteiger partial charge in [-0.05, 0) is 43.0 Å². The molecule has 4 nitrogen and oxygen atoms in total. The van der Waals surface area contributed by atoms with Crippen molar-refractivity contribution in [2.24, 2.45) is 11.1 Å². The number of nitrogens with two attached hydrogens (primary N) is 1. The van der Waals surface area contributed by atoms with E-state index in [9.17, 15) is 4.79 Å². The van der Waals surface area contributed by atoms with Gasteiger partial charge in [-0.3, -0.25) is 4.79 Å². The van der Waals surface area contributed by atoms with Gasteiger partial charge in [0.05, 0.1) is 0 Å². The quantitative estimate of drug-likeness (QED) is 0.817. The first-order valence-electron chi connectivity index (χ1n) is 8.06. The fourth-order valence-corrected chi connectivity index (χ4v) is 4.21. The van der Waals surface area contributed by atoms with Gasteiger partial charge in [-0.25, -0.2) is 0 Å². The maximum absolute atomic E-state index is 12.9. The number of amides is 1. The molecule has 1 aliphatic carbocycles. The molecule has 4 heteroatoms. The Morgan fingerprint density at radius 1 is 1.38 bits per heavy atom. The fourth-order valence-electron chi connectivity index (χ4n) is 4.21. The number of carbonyl (C=O) groups excluding carboxylic acids is 1. The molecule has 21 heavy (non-hydrogen) atoms. The van der Waals surface area contributed by atoms with E-state index in [1.807, 2.05) is 17.0 Å². The lowest BCUT2D eigenvalue weighted by molar-refractivity contribution is 0.0725. The SMILES string of the molecule is NC1CN(C(=O)c2cccc3c2CCNC3)CC12CCC2. The first kappa shape index (κ1) is 13.3. The molecule has 2 aliphatic heterocycles. The molecule has 2 heterocycles. The van der Waals surface area contributed by atoms with E-state index in [1.54, 1.807) is 0 Å². The molecule has 0 bridgehead atoms. The molecule has 3 aliphatic rings. The molecular formula is C17H23N3O. The molecule has 1 atom stereocenters. The number of nitrogens with zero attached hydrogens (tertiary/aromatic N) is 1. The molecule has 1 unspecified atom stereocenters. The number of likely N-dealkylation sites (tertiary alicyclic amines) is 1. The molecule has 1 saturated heterocycles. The Labute approximate surface area is 125 Å². The molecule has 0 aromatic heterocycles. The number of hydrogen-bond acceptors (Lipinski definition) is 3. The lowest BCUT2D eigenvalue weighted by Crippen LogP contribution is -2.45. The predicted octanol–water partition coefficient (Wildman–Crippen LogP) is 1.29. The molecule has 3 N–H and O–H groups in total. The van der Waals surface area contributed by atoms with Gasteiger partial charge in [0.2, 0.25) is 0 Å². The van der Waals surface area contributed by atoms with Crippen molar-refractivity contribution in [2.45, 2.75) is 38.3 Å². The van der Waals surface area contributed by atoms with Crippen LogP contribution in [0.5, 0.6) is 0 Å². The second-order valence-corrected chi connectivity index (χ2v) is 6.88. The Balaban J connectivity index is 1.61. The number of fused-ring (bicyclic) bond motifs is 1. The van der Waals surface area contributed by atoms with Crippen molar-refractivity contribution < 1.29 is 4.79 Å². The highest BCUT2D eigenvalue weighted by molar-refractivity contribution is 5.96. The largest absolute Gasteiger partial charge is 0.336 e. The molecular weight excluding hydrogens is 262 g/mol. The Morgan fingerprint density at radius 3 is 2.95 bits per heavy atom. The summed E-state index contributed by atoms with van der Waals surface area (Å²) in [6.45, 7) is 3.41. The van der Waals surface area contributed by atoms with Crippen molar-refractivity contribution in [1.82, 2.24) is 10.2 Å². The van der Waals surface area contributed by atoms with Crippen LogP contribution in [0.2, 0.25) is 0 Å². The van der Waals surface area contributed by atoms with Crippen LogP contribution in [0.1, 0.15) is 40.7 Å². The highest BCUT2D eigenvalue weighted by Crippen LogP contribution is 2.47. The summed E-state index contributed by atoms with van der Waals surface area (Å²) in [5.41, 5.74) is 9.96. The van der Waals surface area contributed by atoms with E-state index in [-0.39, 0.29) is 17.4 Å². The number of hydrogen-bond donors (Lipinski definition) is 2. The third-order valence-electron chi connectivity index (χ3n) is 5.72. The zero-order chi connectivity index (χ0) is 14.4. The lowest BCUT2D eigenvalue weighted by atomic mass is 9.66. The second-order valence-electron chi connectivity index (χ2n) is 6.88. The van der Waals surface area contributed by atoms with E-state index in [0.29, 0.717) is 0 Å². The molecule has 1 aromatic rings. The summed E-state index contributed by atoms with van der Waals surface area (Å²) >= 11 is 0. The lowest BCUT2D eigenvalue weighted by Gasteiger charge is -2.41. The van der Waals surface area contributed by atoms with Crippen molar-refractivity contribution in [3.63, 3.8) is 0 Å². The molecule has 1 spiro atoms. The van der Waals surface area contributed by atoms with Crippen molar-refractivity contribution in [2.75, 3.05) is 19.6 Å². The number of rotatable bonds is 1. The normalized spacial score (nSPS) is 26.5. The summed E-state index contributed by atoms with van der Waals surface area (Å²) in [7, 11) is 0. The minimum absolute atomic E-state index is 0.163. The molecule has 0 radical (unpaired) electrons. The smallest absolute Gasteiger partial charge is 0.254 e. The summed E-state index contributed by atoms with van der Waals surface area (Å²) in [5.74, 6) is 0.188. The van der Waals surface area contributed by atoms with Crippen molar-refractivity contribution in [3.05, 3.63) is 34.9 Å². The van der Waals surface area contributed by atoms with Crippen LogP contribution in [-0.2, 0) is 13.0 Å². The van der Waals surface area contributed by atoms with Crippen LogP contribution in [0.15, 0.2) is 18.2 Å². The zero-order valence-electron chi connectivity index (χ0n) is 12.4. The summed E-state index contributed by atoms with van der Waals surface area (Å²) in [6.07, 6.45) is 4.59. The fraction of sp³-hybridized carbons (Fsp3) is 0.588. The van der Waals surface area contributed by atoms with Crippen LogP contribution in [-0.4, -0.2) is 36.5 Å². The van der Waals surface area contributed by atoms with Gasteiger partial charge in [0.25, 0.3) is 5.91 Å². The third kappa shape index (κ3) is 2.00. The van der Waals surface area contributed by atoms with Crippen LogP contribution in [0, 0.1) is 5.41 Å². The van der Waals surface area contributed by atoms with E-state index in [1.165, 1.54) is 30.4 Å². The second kappa shape index (κ2) is 4.82. The summed E-state index contributed by atoms with van der Waals surface area (Å²) in [6, 6.07) is 6.29. The van der Waals surface area contributed by atoms with Crippen molar-refractivity contribution in [3.8, 4) is 0 Å². The monoisotopic (exact) mass is 285 g/mol. The van der Waals surface area contributed by atoms with E-state index >= 15 is 0 Å². The van der Waals surface area contributed by atoms with Gasteiger partial charge in [0, 0.05) is 36.7 Å². The first-order valence-corrected chi connectivity index (χ1v) is 8.06. The van der Waals surface area contributed by atoms with Crippen LogP contribution in [0.25, 0.3) is 0 Å². The van der Waals surface area contributed by atoms with Crippen LogP contribution < -0.4 is 11.1 Å². The van der Waals surface area contributed by atoms with Gasteiger partial charge >= 0.3 is 0 Å². The molecule has 2 fully saturated rings. The van der Waals surface area contributed by atoms with Gasteiger partial charge in [-0.15, -0.1) is 0 Å². The highest BCUT2D eigenvalue weighted by atomic mass is 16.2. The van der Waals surface area contributed by atoms with Crippen LogP contribution in [0.3, 0.4) is 0 Å². The number of benzene rings is 1. The molecule has 112 valence electrons. The molecule has 1 saturated carbocycles. The first-order chi connectivity index (χ1) is 10.2. The predicted molar refractivity (Wildman–Crippen MR) is 82.0 cm³/mol. The summed E-state index contributed by atoms with van der Waals surface area (Å²) in [5, 5.41) is 3.37. The van der Waals surface area contributed by atoms with Gasteiger partial charge in [-0.2, -0.15) is 0 Å². The van der Waals surface area contributed by atoms with Crippen molar-refractivity contribution in [1.29, 1.82) is 0 Å². The average Bonchev–Trinajstić information content (AvgIpc) is 2.84. The highest BCUT2D eigenvalue weighted by Gasteiger charge is 2.50. The third-order valence-corrected chi connectivity index (χ3v) is 5.72. The maximum Gasteiger partial charge on any atom is 0.254 e. The standard InChI is InChI=1S/C17H23N3O/c18-15-10-20(11-17(15)6-2-7-17)16(21)14-4-1-3-12-9-19-8-5-13(12)14/h1,3-4,15,19H,2,5-11,18H2. The Kier molecular flexibility index (Phi) is 3.05. The van der Waals surface area contributed by atoms with Gasteiger partial charge in [0.1, 0.15) is 0 Å². The van der Waals surface area contributed by atoms with E-state index in [2.05, 4.69) is 11.4 Å². The minimum Gasteiger partial charge on any atom is -0.336 e. The van der Waals surface area contributed by atoms with Gasteiger partial charge < -0.3 is 16.0 Å². The molecule has 4 rings (SSSR count). The zero-order valence-corrected chi connectivity index (χ0v) is 12.4. The van der Waals surface area contributed by atoms with Gasteiger partial charge in [-0.1, -0.05) is 18.6 Å². The summed E-state index contributed by atoms with van der Waals surface area (Å²) < 4.78 is 0. The number of carbonyl (C=O) groups is 1. The topological polar surface area (TPSA) is 58.4 Å². The molecule has 1 amide bonds. The maximum atomic E-state index is 12.9. The summed E-state index contributed by atoms with van der Waals surface area (Å²) in [4.78, 5) is 14.9. The average molecular weight is 285 g/mol. The Morgan fingerprint density at radius 2 is 2.24 bits per heavy atom. The van der Waals surface area contributed by atoms with Crippen LogP contribution >= 0.6 is 0 Å². The van der Waals surface area contributed by atoms with E-state index in [0.717, 1.165) is 38.2 Å². The molecule has 1 aromatic carbocycles.